The van der Waals surface area contributed by atoms with Crippen LogP contribution in [0, 0.1) is 0 Å². The predicted molar refractivity (Wildman–Crippen MR) is 229 cm³/mol. The fraction of sp³-hybridized carbons (Fsp3) is 0.913. The van der Waals surface area contributed by atoms with Crippen molar-refractivity contribution in [2.75, 3.05) is 26.4 Å². The van der Waals surface area contributed by atoms with Crippen molar-refractivity contribution in [1.82, 2.24) is 0 Å². The summed E-state index contributed by atoms with van der Waals surface area (Å²) in [6.45, 7) is 2.54. The third kappa shape index (κ3) is 23.7. The van der Waals surface area contributed by atoms with Gasteiger partial charge in [-0.3, -0.25) is 9.59 Å². The molecule has 15 nitrogen and oxygen atoms in total. The minimum Gasteiger partial charge on any atom is -0.462 e. The minimum absolute atomic E-state index is 0.164. The average Bonchev–Trinajstić information content (AvgIpc) is 3.25. The third-order valence-corrected chi connectivity index (χ3v) is 11.5. The van der Waals surface area contributed by atoms with Gasteiger partial charge in [0, 0.05) is 12.8 Å². The van der Waals surface area contributed by atoms with Gasteiger partial charge in [-0.05, 0) is 38.5 Å². The maximum Gasteiger partial charge on any atom is 0.306 e. The molecule has 0 spiro atoms. The Morgan fingerprint density at radius 3 is 1.44 bits per heavy atom. The molecule has 2 aliphatic heterocycles. The first-order chi connectivity index (χ1) is 29.5. The molecule has 15 heteroatoms. The van der Waals surface area contributed by atoms with Crippen LogP contribution in [0.25, 0.3) is 0 Å². The lowest BCUT2D eigenvalue weighted by atomic mass is 9.98. The van der Waals surface area contributed by atoms with Crippen LogP contribution in [0.3, 0.4) is 0 Å². The van der Waals surface area contributed by atoms with Gasteiger partial charge in [0.15, 0.2) is 18.7 Å². The molecular weight excluding hydrogens is 792 g/mol. The van der Waals surface area contributed by atoms with Crippen LogP contribution in [0.15, 0.2) is 12.2 Å². The third-order valence-electron chi connectivity index (χ3n) is 11.5. The molecule has 0 amide bonds. The average molecular weight is 877 g/mol. The van der Waals surface area contributed by atoms with Crippen LogP contribution in [0.4, 0.5) is 0 Å². The summed E-state index contributed by atoms with van der Waals surface area (Å²) in [6, 6.07) is 0. The monoisotopic (exact) mass is 877 g/mol. The summed E-state index contributed by atoms with van der Waals surface area (Å²) < 4.78 is 33.4. The van der Waals surface area contributed by atoms with Crippen molar-refractivity contribution in [3.63, 3.8) is 0 Å². The van der Waals surface area contributed by atoms with Gasteiger partial charge in [-0.15, -0.1) is 0 Å². The highest BCUT2D eigenvalue weighted by atomic mass is 16.7. The van der Waals surface area contributed by atoms with Gasteiger partial charge in [-0.25, -0.2) is 0 Å². The largest absolute Gasteiger partial charge is 0.462 e. The minimum atomic E-state index is -1.76. The zero-order valence-corrected chi connectivity index (χ0v) is 37.4. The molecule has 0 aromatic rings. The lowest BCUT2D eigenvalue weighted by molar-refractivity contribution is -0.332. The molecule has 2 heterocycles. The van der Waals surface area contributed by atoms with E-state index in [2.05, 4.69) is 26.0 Å². The number of rotatable bonds is 36. The Hall–Kier alpha value is -1.76. The van der Waals surface area contributed by atoms with E-state index in [9.17, 15) is 45.3 Å². The second-order valence-electron chi connectivity index (χ2n) is 16.9. The van der Waals surface area contributed by atoms with E-state index >= 15 is 0 Å². The first-order valence-corrected chi connectivity index (χ1v) is 23.8. The van der Waals surface area contributed by atoms with Crippen molar-refractivity contribution >= 4 is 11.9 Å². The number of aliphatic hydroxyl groups is 7. The first kappa shape index (κ1) is 55.4. The maximum atomic E-state index is 12.9. The molecule has 11 atom stereocenters. The molecule has 61 heavy (non-hydrogen) atoms. The fourth-order valence-corrected chi connectivity index (χ4v) is 7.50. The molecule has 2 aliphatic rings. The van der Waals surface area contributed by atoms with Crippen LogP contribution in [0.1, 0.15) is 174 Å². The SMILES string of the molecule is CCCCCCCC/C=C/CCCCCCCCCC(=O)O[C@H](COC(=O)CCCCCCCCCC)CO[C@H]1O[C@@H](CO[C@H]2O[C@@H](CO)[C@@H](O)C(O)C2O)[C@@H](O)C(O)C1O. The van der Waals surface area contributed by atoms with Crippen LogP contribution in [-0.4, -0.2) is 142 Å². The number of allylic oxidation sites excluding steroid dienone is 2. The molecule has 2 fully saturated rings. The van der Waals surface area contributed by atoms with Crippen molar-refractivity contribution in [2.24, 2.45) is 0 Å². The second kappa shape index (κ2) is 34.6. The van der Waals surface area contributed by atoms with E-state index in [1.807, 2.05) is 0 Å². The lowest BCUT2D eigenvalue weighted by Crippen LogP contribution is -2.61. The van der Waals surface area contributed by atoms with Gasteiger partial charge < -0.3 is 64.2 Å². The van der Waals surface area contributed by atoms with Gasteiger partial charge in [0.1, 0.15) is 55.4 Å². The molecule has 0 aromatic carbocycles. The number of aliphatic hydroxyl groups excluding tert-OH is 7. The summed E-state index contributed by atoms with van der Waals surface area (Å²) in [5.41, 5.74) is 0. The summed E-state index contributed by atoms with van der Waals surface area (Å²) in [6.07, 6.45) is 14.1. The molecule has 4 unspecified atom stereocenters. The molecule has 0 bridgehead atoms. The van der Waals surface area contributed by atoms with Crippen LogP contribution >= 0.6 is 0 Å². The van der Waals surface area contributed by atoms with Gasteiger partial charge in [0.2, 0.25) is 0 Å². The molecule has 2 saturated heterocycles. The van der Waals surface area contributed by atoms with Crippen LogP contribution < -0.4 is 0 Å². The molecular formula is C46H84O15. The topological polar surface area (TPSA) is 231 Å². The first-order valence-electron chi connectivity index (χ1n) is 23.8. The van der Waals surface area contributed by atoms with Crippen molar-refractivity contribution in [1.29, 1.82) is 0 Å². The van der Waals surface area contributed by atoms with E-state index in [0.717, 1.165) is 51.4 Å². The number of carbonyl (C=O) groups is 2. The van der Waals surface area contributed by atoms with Crippen molar-refractivity contribution in [3.05, 3.63) is 12.2 Å². The number of hydrogen-bond acceptors (Lipinski definition) is 15. The van der Waals surface area contributed by atoms with Gasteiger partial charge in [0.25, 0.3) is 0 Å². The molecule has 7 N–H and O–H groups in total. The predicted octanol–water partition coefficient (Wildman–Crippen LogP) is 5.43. The Morgan fingerprint density at radius 1 is 0.508 bits per heavy atom. The van der Waals surface area contributed by atoms with Gasteiger partial charge in [0.05, 0.1) is 19.8 Å². The van der Waals surface area contributed by atoms with Crippen molar-refractivity contribution in [2.45, 2.75) is 242 Å². The van der Waals surface area contributed by atoms with Gasteiger partial charge in [-0.1, -0.05) is 135 Å². The normalized spacial score (nSPS) is 27.4. The summed E-state index contributed by atoms with van der Waals surface area (Å²) in [5, 5.41) is 71.8. The molecule has 0 saturated carbocycles. The Kier molecular flexibility index (Phi) is 31.4. The van der Waals surface area contributed by atoms with Crippen LogP contribution in [0.5, 0.6) is 0 Å². The highest BCUT2D eigenvalue weighted by Crippen LogP contribution is 2.26. The van der Waals surface area contributed by atoms with E-state index in [4.69, 9.17) is 28.4 Å². The Bertz CT molecular complexity index is 1120. The summed E-state index contributed by atoms with van der Waals surface area (Å²) in [4.78, 5) is 25.6. The number of carbonyl (C=O) groups excluding carboxylic acids is 2. The maximum absolute atomic E-state index is 12.9. The van der Waals surface area contributed by atoms with E-state index in [-0.39, 0.29) is 26.1 Å². The highest BCUT2D eigenvalue weighted by molar-refractivity contribution is 5.70. The zero-order chi connectivity index (χ0) is 44.7. The number of esters is 2. The summed E-state index contributed by atoms with van der Waals surface area (Å²) in [7, 11) is 0. The van der Waals surface area contributed by atoms with E-state index < -0.39 is 92.7 Å². The van der Waals surface area contributed by atoms with Gasteiger partial charge in [-0.2, -0.15) is 0 Å². The summed E-state index contributed by atoms with van der Waals surface area (Å²) >= 11 is 0. The van der Waals surface area contributed by atoms with Crippen LogP contribution in [0.2, 0.25) is 0 Å². The molecule has 2 rings (SSSR count). The fourth-order valence-electron chi connectivity index (χ4n) is 7.50. The summed E-state index contributed by atoms with van der Waals surface area (Å²) in [5.74, 6) is -0.930. The molecule has 0 radical (unpaired) electrons. The number of unbranched alkanes of at least 4 members (excludes halogenated alkanes) is 20. The molecule has 0 aromatic heterocycles. The molecule has 0 aliphatic carbocycles. The molecule has 358 valence electrons. The Labute approximate surface area is 365 Å². The van der Waals surface area contributed by atoms with Crippen LogP contribution in [-0.2, 0) is 38.0 Å². The number of hydrogen-bond donors (Lipinski definition) is 7. The highest BCUT2D eigenvalue weighted by Gasteiger charge is 2.47. The lowest BCUT2D eigenvalue weighted by Gasteiger charge is -2.42. The second-order valence-corrected chi connectivity index (χ2v) is 16.9. The van der Waals surface area contributed by atoms with Crippen molar-refractivity contribution < 1.29 is 73.8 Å². The number of ether oxygens (including phenoxy) is 6. The standard InChI is InChI=1S/C46H84O15/c1-3-5-7-9-11-13-14-15-16-17-18-19-20-21-23-25-27-29-38(49)59-34(31-56-37(48)28-26-24-22-12-10-8-6-4-2)32-57-45-44(55)42(53)40(51)36(61-45)33-58-46-43(54)41(52)39(50)35(30-47)60-46/h15-16,34-36,39-47,50-55H,3-14,17-33H2,1-2H3/b16-15+/t34-,35+,36+,39-,40-,41?,42?,43?,44?,45+,46+/m1/s1. The zero-order valence-electron chi connectivity index (χ0n) is 37.4. The smallest absolute Gasteiger partial charge is 0.306 e. The van der Waals surface area contributed by atoms with E-state index in [0.29, 0.717) is 12.8 Å². The quantitative estimate of drug-likeness (QED) is 0.0236. The van der Waals surface area contributed by atoms with Crippen molar-refractivity contribution in [3.8, 4) is 0 Å². The Balaban J connectivity index is 1.81. The Morgan fingerprint density at radius 2 is 0.934 bits per heavy atom. The van der Waals surface area contributed by atoms with E-state index in [1.165, 1.54) is 83.5 Å². The van der Waals surface area contributed by atoms with E-state index in [1.54, 1.807) is 0 Å². The van der Waals surface area contributed by atoms with Gasteiger partial charge >= 0.3 is 11.9 Å².